The maximum absolute atomic E-state index is 11.8. The van der Waals surface area contributed by atoms with Gasteiger partial charge in [-0.05, 0) is 0 Å². The van der Waals surface area contributed by atoms with E-state index in [4.69, 9.17) is 0 Å². The monoisotopic (exact) mass is 290 g/mol. The summed E-state index contributed by atoms with van der Waals surface area (Å²) in [6.45, 7) is 0. The van der Waals surface area contributed by atoms with Gasteiger partial charge in [-0.1, -0.05) is 30.3 Å². The van der Waals surface area contributed by atoms with Crippen LogP contribution < -0.4 is 5.32 Å². The van der Waals surface area contributed by atoms with Crippen LogP contribution in [0.5, 0.6) is 0 Å². The lowest BCUT2D eigenvalue weighted by Gasteiger charge is -1.97. The van der Waals surface area contributed by atoms with E-state index in [9.17, 15) is 14.9 Å². The average molecular weight is 290 g/mol. The Morgan fingerprint density at radius 1 is 1.40 bits per heavy atom. The van der Waals surface area contributed by atoms with Crippen LogP contribution in [-0.2, 0) is 4.79 Å². The molecule has 102 valence electrons. The van der Waals surface area contributed by atoms with Gasteiger partial charge in [0.25, 0.3) is 0 Å². The molecule has 1 aromatic heterocycles. The van der Waals surface area contributed by atoms with E-state index in [1.165, 1.54) is 0 Å². The molecule has 1 amide bonds. The molecule has 0 radical (unpaired) electrons. The molecule has 1 heterocycles. The molecule has 2 atom stereocenters. The molecule has 1 N–H and O–H groups in total. The number of nitro groups is 1. The Balaban J connectivity index is 1.67. The molecular formula is C12H10N4O3S. The van der Waals surface area contributed by atoms with Crippen molar-refractivity contribution in [2.75, 3.05) is 5.32 Å². The second kappa shape index (κ2) is 4.97. The minimum absolute atomic E-state index is 0.295. The van der Waals surface area contributed by atoms with E-state index in [0.717, 1.165) is 17.1 Å². The summed E-state index contributed by atoms with van der Waals surface area (Å²) in [5.74, 6) is -0.371. The molecule has 7 nitrogen and oxygen atoms in total. The number of rotatable bonds is 4. The lowest BCUT2D eigenvalue weighted by atomic mass is 10.2. The first-order valence-corrected chi connectivity index (χ1v) is 6.76. The molecule has 3 rings (SSSR count). The van der Waals surface area contributed by atoms with E-state index in [-0.39, 0.29) is 5.91 Å². The molecule has 1 aliphatic carbocycles. The highest BCUT2D eigenvalue weighted by Crippen LogP contribution is 2.34. The number of anilines is 1. The molecule has 0 saturated heterocycles. The molecule has 20 heavy (non-hydrogen) atoms. The Labute approximate surface area is 118 Å². The summed E-state index contributed by atoms with van der Waals surface area (Å²) < 4.78 is 4.16. The zero-order valence-corrected chi connectivity index (χ0v) is 11.0. The average Bonchev–Trinajstić information content (AvgIpc) is 3.14. The van der Waals surface area contributed by atoms with Crippen molar-refractivity contribution >= 4 is 22.6 Å². The number of carbonyl (C=O) groups excluding carboxylic acids is 1. The van der Waals surface area contributed by atoms with Crippen LogP contribution in [0.15, 0.2) is 30.3 Å². The summed E-state index contributed by atoms with van der Waals surface area (Å²) in [6.07, 6.45) is 0.295. The SMILES string of the molecule is O=C(Nc1nc(-c2ccccc2)ns1)[C@H]1C[C@H]1[N+](=O)[O-]. The summed E-state index contributed by atoms with van der Waals surface area (Å²) in [7, 11) is 0. The molecule has 2 aromatic rings. The number of aromatic nitrogens is 2. The zero-order valence-electron chi connectivity index (χ0n) is 10.2. The molecule has 8 heteroatoms. The highest BCUT2D eigenvalue weighted by Gasteiger charge is 2.53. The smallest absolute Gasteiger partial charge is 0.236 e. The van der Waals surface area contributed by atoms with Crippen LogP contribution in [0, 0.1) is 16.0 Å². The second-order valence-electron chi connectivity index (χ2n) is 4.47. The minimum atomic E-state index is -0.753. The first kappa shape index (κ1) is 12.7. The molecular weight excluding hydrogens is 280 g/mol. The fourth-order valence-corrected chi connectivity index (χ4v) is 2.47. The van der Waals surface area contributed by atoms with Gasteiger partial charge in [-0.15, -0.1) is 0 Å². The predicted octanol–water partition coefficient (Wildman–Crippen LogP) is 1.81. The van der Waals surface area contributed by atoms with Crippen molar-refractivity contribution in [3.05, 3.63) is 40.4 Å². The molecule has 1 aromatic carbocycles. The van der Waals surface area contributed by atoms with Crippen molar-refractivity contribution in [3.8, 4) is 11.4 Å². The predicted molar refractivity (Wildman–Crippen MR) is 72.9 cm³/mol. The Kier molecular flexibility index (Phi) is 3.15. The Bertz CT molecular complexity index is 658. The maximum Gasteiger partial charge on any atom is 0.236 e. The highest BCUT2D eigenvalue weighted by molar-refractivity contribution is 7.10. The third-order valence-corrected chi connectivity index (χ3v) is 3.68. The standard InChI is InChI=1S/C12H10N4O3S/c17-11(8-6-9(8)16(18)19)14-12-13-10(15-20-12)7-4-2-1-3-5-7/h1-5,8-9H,6H2,(H,13,14,15,17)/t8-,9+/m0/s1. The maximum atomic E-state index is 11.8. The van der Waals surface area contributed by atoms with Crippen molar-refractivity contribution in [3.63, 3.8) is 0 Å². The molecule has 0 unspecified atom stereocenters. The van der Waals surface area contributed by atoms with Gasteiger partial charge in [0.15, 0.2) is 5.82 Å². The van der Waals surface area contributed by atoms with Crippen molar-refractivity contribution in [1.29, 1.82) is 0 Å². The summed E-state index contributed by atoms with van der Waals surface area (Å²) in [4.78, 5) is 26.1. The molecule has 0 aliphatic heterocycles. The molecule has 1 saturated carbocycles. The summed E-state index contributed by atoms with van der Waals surface area (Å²) in [6, 6.07) is 8.63. The first-order valence-electron chi connectivity index (χ1n) is 5.98. The van der Waals surface area contributed by atoms with E-state index in [0.29, 0.717) is 17.4 Å². The van der Waals surface area contributed by atoms with Crippen LogP contribution in [0.25, 0.3) is 11.4 Å². The van der Waals surface area contributed by atoms with E-state index in [1.54, 1.807) is 0 Å². The number of hydrogen-bond acceptors (Lipinski definition) is 6. The second-order valence-corrected chi connectivity index (χ2v) is 5.23. The van der Waals surface area contributed by atoms with Gasteiger partial charge >= 0.3 is 0 Å². The van der Waals surface area contributed by atoms with Crippen molar-refractivity contribution in [2.24, 2.45) is 5.92 Å². The quantitative estimate of drug-likeness (QED) is 0.684. The third-order valence-electron chi connectivity index (χ3n) is 3.05. The lowest BCUT2D eigenvalue weighted by Crippen LogP contribution is -2.18. The molecule has 1 aliphatic rings. The molecule has 0 spiro atoms. The summed E-state index contributed by atoms with van der Waals surface area (Å²) in [5, 5.41) is 13.5. The first-order chi connectivity index (χ1) is 9.65. The van der Waals surface area contributed by atoms with Crippen molar-refractivity contribution in [1.82, 2.24) is 9.36 Å². The number of hydrogen-bond donors (Lipinski definition) is 1. The number of nitrogens with zero attached hydrogens (tertiary/aromatic N) is 3. The van der Waals surface area contributed by atoms with Gasteiger partial charge in [0, 0.05) is 28.4 Å². The van der Waals surface area contributed by atoms with E-state index in [1.807, 2.05) is 30.3 Å². The van der Waals surface area contributed by atoms with Crippen LogP contribution in [-0.4, -0.2) is 26.2 Å². The van der Waals surface area contributed by atoms with Gasteiger partial charge in [-0.3, -0.25) is 14.9 Å². The largest absolute Gasteiger partial charge is 0.300 e. The van der Waals surface area contributed by atoms with Gasteiger partial charge in [0.2, 0.25) is 17.1 Å². The third kappa shape index (κ3) is 2.50. The van der Waals surface area contributed by atoms with Gasteiger partial charge in [-0.25, -0.2) is 0 Å². The Hall–Kier alpha value is -2.35. The van der Waals surface area contributed by atoms with Gasteiger partial charge in [-0.2, -0.15) is 9.36 Å². The van der Waals surface area contributed by atoms with Crippen LogP contribution >= 0.6 is 11.5 Å². The normalized spacial score (nSPS) is 20.4. The topological polar surface area (TPSA) is 98.0 Å². The van der Waals surface area contributed by atoms with Gasteiger partial charge < -0.3 is 5.32 Å². The number of amides is 1. The number of carbonyl (C=O) groups is 1. The van der Waals surface area contributed by atoms with Crippen LogP contribution in [0.2, 0.25) is 0 Å². The van der Waals surface area contributed by atoms with Crippen LogP contribution in [0.4, 0.5) is 5.13 Å². The number of nitrogens with one attached hydrogen (secondary N) is 1. The molecule has 1 fully saturated rings. The minimum Gasteiger partial charge on any atom is -0.300 e. The zero-order chi connectivity index (χ0) is 14.1. The van der Waals surface area contributed by atoms with E-state index in [2.05, 4.69) is 14.7 Å². The fourth-order valence-electron chi connectivity index (χ4n) is 1.87. The summed E-state index contributed by atoms with van der Waals surface area (Å²) in [5.41, 5.74) is 0.860. The van der Waals surface area contributed by atoms with Crippen LogP contribution in [0.1, 0.15) is 6.42 Å². The van der Waals surface area contributed by atoms with Gasteiger partial charge in [0.1, 0.15) is 5.92 Å². The van der Waals surface area contributed by atoms with E-state index < -0.39 is 16.9 Å². The number of benzene rings is 1. The Morgan fingerprint density at radius 3 is 2.80 bits per heavy atom. The van der Waals surface area contributed by atoms with Crippen molar-refractivity contribution < 1.29 is 9.72 Å². The van der Waals surface area contributed by atoms with Crippen molar-refractivity contribution in [2.45, 2.75) is 12.5 Å². The van der Waals surface area contributed by atoms with E-state index >= 15 is 0 Å². The fraction of sp³-hybridized carbons (Fsp3) is 0.250. The van der Waals surface area contributed by atoms with Gasteiger partial charge in [0.05, 0.1) is 0 Å². The highest BCUT2D eigenvalue weighted by atomic mass is 32.1. The Morgan fingerprint density at radius 2 is 2.15 bits per heavy atom. The summed E-state index contributed by atoms with van der Waals surface area (Å²) >= 11 is 1.06. The molecule has 0 bridgehead atoms. The van der Waals surface area contributed by atoms with Crippen LogP contribution in [0.3, 0.4) is 0 Å². The lowest BCUT2D eigenvalue weighted by molar-refractivity contribution is -0.497.